The number of sulfonamides is 1. The van der Waals surface area contributed by atoms with E-state index in [1.165, 1.54) is 10.6 Å². The van der Waals surface area contributed by atoms with E-state index in [9.17, 15) is 18.3 Å². The smallest absolute Gasteiger partial charge is 0.248 e. The van der Waals surface area contributed by atoms with Crippen molar-refractivity contribution in [3.63, 3.8) is 0 Å². The maximum absolute atomic E-state index is 13.2. The number of para-hydroxylation sites is 1. The second-order valence-corrected chi connectivity index (χ2v) is 11.0. The highest BCUT2D eigenvalue weighted by molar-refractivity contribution is 7.92. The number of hydrogen-bond donors (Lipinski definition) is 1. The maximum Gasteiger partial charge on any atom is 0.248 e. The van der Waals surface area contributed by atoms with Crippen LogP contribution in [0.1, 0.15) is 36.1 Å². The Labute approximate surface area is 201 Å². The summed E-state index contributed by atoms with van der Waals surface area (Å²) < 4.78 is 31.8. The van der Waals surface area contributed by atoms with Crippen LogP contribution in [0.4, 0.5) is 5.69 Å². The lowest BCUT2D eigenvalue weighted by Gasteiger charge is -2.35. The zero-order valence-corrected chi connectivity index (χ0v) is 20.5. The predicted molar refractivity (Wildman–Crippen MR) is 131 cm³/mol. The number of nitrogens with zero attached hydrogens (tertiary/aromatic N) is 3. The molecule has 2 aromatic carbocycles. The lowest BCUT2D eigenvalue weighted by Crippen LogP contribution is -2.41. The first kappa shape index (κ1) is 24.7. The van der Waals surface area contributed by atoms with Gasteiger partial charge in [-0.05, 0) is 24.5 Å². The topological polar surface area (TPSA) is 90.4 Å². The summed E-state index contributed by atoms with van der Waals surface area (Å²) in [6.07, 6.45) is 1.75. The van der Waals surface area contributed by atoms with Crippen molar-refractivity contribution in [2.24, 2.45) is 0 Å². The molecule has 0 radical (unpaired) electrons. The molecule has 2 aliphatic heterocycles. The Morgan fingerprint density at radius 3 is 2.50 bits per heavy atom. The molecule has 0 aromatic heterocycles. The van der Waals surface area contributed by atoms with Crippen LogP contribution in [0.5, 0.6) is 0 Å². The molecule has 2 aromatic rings. The summed E-state index contributed by atoms with van der Waals surface area (Å²) >= 11 is 0. The molecule has 0 aliphatic carbocycles. The van der Waals surface area contributed by atoms with E-state index in [1.54, 1.807) is 24.1 Å². The van der Waals surface area contributed by atoms with Crippen molar-refractivity contribution in [2.45, 2.75) is 31.1 Å². The number of anilines is 1. The lowest BCUT2D eigenvalue weighted by molar-refractivity contribution is -0.139. The van der Waals surface area contributed by atoms with E-state index in [4.69, 9.17) is 4.74 Å². The van der Waals surface area contributed by atoms with Crippen LogP contribution in [0.25, 0.3) is 0 Å². The van der Waals surface area contributed by atoms with Crippen molar-refractivity contribution in [1.29, 1.82) is 0 Å². The highest BCUT2D eigenvalue weighted by Gasteiger charge is 2.32. The van der Waals surface area contributed by atoms with Gasteiger partial charge < -0.3 is 14.7 Å². The maximum atomic E-state index is 13.2. The number of amides is 1. The van der Waals surface area contributed by atoms with Crippen molar-refractivity contribution in [3.8, 4) is 0 Å². The fraction of sp³-hybridized carbons (Fsp3) is 0.480. The third kappa shape index (κ3) is 5.60. The molecular formula is C25H33N3O5S. The summed E-state index contributed by atoms with van der Waals surface area (Å²) in [6, 6.07) is 17.0. The minimum absolute atomic E-state index is 0.0969. The Kier molecular flexibility index (Phi) is 7.57. The first-order valence-corrected chi connectivity index (χ1v) is 13.5. The van der Waals surface area contributed by atoms with Crippen LogP contribution in [-0.2, 0) is 19.6 Å². The molecule has 0 saturated carbocycles. The van der Waals surface area contributed by atoms with Gasteiger partial charge in [0.25, 0.3) is 0 Å². The molecule has 1 N–H and O–H groups in total. The number of aliphatic hydroxyl groups excluding tert-OH is 1. The predicted octanol–water partition coefficient (Wildman–Crippen LogP) is 2.18. The van der Waals surface area contributed by atoms with Crippen LogP contribution in [0, 0.1) is 0 Å². The van der Waals surface area contributed by atoms with Gasteiger partial charge in [0.15, 0.2) is 0 Å². The number of benzene rings is 2. The molecule has 3 atom stereocenters. The quantitative estimate of drug-likeness (QED) is 0.614. The van der Waals surface area contributed by atoms with Crippen LogP contribution >= 0.6 is 0 Å². The van der Waals surface area contributed by atoms with Crippen molar-refractivity contribution >= 4 is 21.6 Å². The molecule has 2 aliphatic rings. The highest BCUT2D eigenvalue weighted by atomic mass is 32.2. The molecular weight excluding hydrogens is 454 g/mol. The van der Waals surface area contributed by atoms with Gasteiger partial charge in [0.1, 0.15) is 6.61 Å². The summed E-state index contributed by atoms with van der Waals surface area (Å²) in [5, 5.41) is 9.93. The first-order chi connectivity index (χ1) is 16.2. The van der Waals surface area contributed by atoms with Crippen molar-refractivity contribution < 1.29 is 23.1 Å². The fourth-order valence-electron chi connectivity index (χ4n) is 4.81. The summed E-state index contributed by atoms with van der Waals surface area (Å²) in [5.41, 5.74) is 2.42. The van der Waals surface area contributed by atoms with Gasteiger partial charge in [0, 0.05) is 38.8 Å². The number of β-amino-alcohol motifs (C(OH)–C–C–N with tert-alkyl or cyclic N) is 1. The van der Waals surface area contributed by atoms with Crippen LogP contribution in [-0.4, -0.2) is 81.4 Å². The molecule has 2 heterocycles. The van der Waals surface area contributed by atoms with Crippen LogP contribution in [0.2, 0.25) is 0 Å². The van der Waals surface area contributed by atoms with Gasteiger partial charge in [-0.3, -0.25) is 14.0 Å². The Bertz CT molecular complexity index is 1090. The Morgan fingerprint density at radius 2 is 1.82 bits per heavy atom. The van der Waals surface area contributed by atoms with Gasteiger partial charge in [-0.2, -0.15) is 0 Å². The number of likely N-dealkylation sites (N-methyl/N-ethyl adjacent to an activating group) is 1. The van der Waals surface area contributed by atoms with Crippen LogP contribution in [0.15, 0.2) is 54.6 Å². The normalized spacial score (nSPS) is 21.8. The molecule has 1 amide bonds. The van der Waals surface area contributed by atoms with Crippen LogP contribution in [0.3, 0.4) is 0 Å². The largest absolute Gasteiger partial charge is 0.392 e. The van der Waals surface area contributed by atoms with Crippen molar-refractivity contribution in [2.75, 3.05) is 50.4 Å². The third-order valence-corrected chi connectivity index (χ3v) is 7.86. The second kappa shape index (κ2) is 10.4. The number of carbonyl (C=O) groups excluding carboxylic acids is 1. The second-order valence-electron chi connectivity index (χ2n) is 9.12. The molecule has 3 unspecified atom stereocenters. The Hall–Kier alpha value is -2.46. The number of hydrogen-bond acceptors (Lipinski definition) is 6. The molecule has 9 heteroatoms. The monoisotopic (exact) mass is 487 g/mol. The lowest BCUT2D eigenvalue weighted by atomic mass is 10.0. The number of ether oxygens (including phenoxy) is 1. The molecule has 8 nitrogen and oxygen atoms in total. The van der Waals surface area contributed by atoms with E-state index < -0.39 is 10.0 Å². The summed E-state index contributed by atoms with van der Waals surface area (Å²) in [4.78, 5) is 17.1. The highest BCUT2D eigenvalue weighted by Crippen LogP contribution is 2.37. The van der Waals surface area contributed by atoms with Gasteiger partial charge in [-0.15, -0.1) is 0 Å². The van der Waals surface area contributed by atoms with Crippen LogP contribution < -0.4 is 4.31 Å². The zero-order chi connectivity index (χ0) is 24.3. The molecule has 0 spiro atoms. The van der Waals surface area contributed by atoms with E-state index in [0.29, 0.717) is 31.7 Å². The summed E-state index contributed by atoms with van der Waals surface area (Å²) in [5.74, 6) is -0.142. The van der Waals surface area contributed by atoms with Gasteiger partial charge in [0.2, 0.25) is 15.9 Å². The standard InChI is InChI=1S/C25H33N3O5S/c1-26(23(19-8-4-3-5-9-19)17-27-14-12-20(29)16-27)25(30)18-33-24-13-15-28(34(2,31)32)22-11-7-6-10-21(22)24/h3-11,20,23-24,29H,12-18H2,1-2H3. The molecule has 4 rings (SSSR count). The minimum Gasteiger partial charge on any atom is -0.392 e. The van der Waals surface area contributed by atoms with E-state index in [2.05, 4.69) is 4.90 Å². The Morgan fingerprint density at radius 1 is 1.12 bits per heavy atom. The number of rotatable bonds is 8. The number of fused-ring (bicyclic) bond motifs is 1. The van der Waals surface area contributed by atoms with Gasteiger partial charge in [-0.25, -0.2) is 8.42 Å². The van der Waals surface area contributed by atoms with Gasteiger partial charge in [0.05, 0.1) is 30.2 Å². The van der Waals surface area contributed by atoms with E-state index in [-0.39, 0.29) is 30.8 Å². The average Bonchev–Trinajstić information content (AvgIpc) is 3.24. The van der Waals surface area contributed by atoms with Crippen molar-refractivity contribution in [1.82, 2.24) is 9.80 Å². The SMILES string of the molecule is CN(C(=O)COC1CCN(S(C)(=O)=O)c2ccccc21)C(CN1CCC(O)C1)c1ccccc1. The van der Waals surface area contributed by atoms with E-state index in [0.717, 1.165) is 24.1 Å². The van der Waals surface area contributed by atoms with E-state index >= 15 is 0 Å². The molecule has 184 valence electrons. The zero-order valence-electron chi connectivity index (χ0n) is 19.7. The average molecular weight is 488 g/mol. The summed E-state index contributed by atoms with van der Waals surface area (Å²) in [6.45, 7) is 2.27. The molecule has 34 heavy (non-hydrogen) atoms. The third-order valence-electron chi connectivity index (χ3n) is 6.68. The fourth-order valence-corrected chi connectivity index (χ4v) is 5.77. The number of aliphatic hydroxyl groups is 1. The Balaban J connectivity index is 1.45. The van der Waals surface area contributed by atoms with Crippen molar-refractivity contribution in [3.05, 3.63) is 65.7 Å². The molecule has 0 bridgehead atoms. The molecule has 1 saturated heterocycles. The first-order valence-electron chi connectivity index (χ1n) is 11.6. The van der Waals surface area contributed by atoms with Gasteiger partial charge >= 0.3 is 0 Å². The number of carbonyl (C=O) groups is 1. The minimum atomic E-state index is -3.38. The number of likely N-dealkylation sites (tertiary alicyclic amines) is 1. The molecule has 1 fully saturated rings. The van der Waals surface area contributed by atoms with E-state index in [1.807, 2.05) is 42.5 Å². The summed E-state index contributed by atoms with van der Waals surface area (Å²) in [7, 11) is -1.60. The van der Waals surface area contributed by atoms with Gasteiger partial charge in [-0.1, -0.05) is 48.5 Å².